The van der Waals surface area contributed by atoms with Crippen LogP contribution in [-0.2, 0) is 22.6 Å². The summed E-state index contributed by atoms with van der Waals surface area (Å²) in [7, 11) is 0. The Balaban J connectivity index is 2.02. The lowest BCUT2D eigenvalue weighted by molar-refractivity contribution is -0.145. The summed E-state index contributed by atoms with van der Waals surface area (Å²) in [5, 5.41) is 0. The van der Waals surface area contributed by atoms with Crippen LogP contribution in [0.2, 0.25) is 0 Å². The van der Waals surface area contributed by atoms with Gasteiger partial charge in [-0.3, -0.25) is 4.79 Å². The van der Waals surface area contributed by atoms with Crippen LogP contribution in [0, 0.1) is 0 Å². The third-order valence-electron chi connectivity index (χ3n) is 4.37. The second kappa shape index (κ2) is 13.2. The van der Waals surface area contributed by atoms with Gasteiger partial charge in [-0.1, -0.05) is 89.5 Å². The third-order valence-corrected chi connectivity index (χ3v) is 4.37. The quantitative estimate of drug-likeness (QED) is 0.319. The molecule has 0 bridgehead atoms. The summed E-state index contributed by atoms with van der Waals surface area (Å²) in [6.45, 7) is 4.79. The number of carbonyl (C=O) groups is 1. The zero-order chi connectivity index (χ0) is 16.8. The van der Waals surface area contributed by atoms with Gasteiger partial charge < -0.3 is 4.74 Å². The minimum absolute atomic E-state index is 0.0566. The van der Waals surface area contributed by atoms with Crippen molar-refractivity contribution in [1.29, 1.82) is 0 Å². The fraction of sp³-hybridized carbons (Fsp3) is 0.667. The SMILES string of the molecule is CCCCCCCCCCCC(=O)OCc1ccccc1CC. The monoisotopic (exact) mass is 318 g/mol. The highest BCUT2D eigenvalue weighted by molar-refractivity contribution is 5.69. The van der Waals surface area contributed by atoms with Gasteiger partial charge in [0.1, 0.15) is 6.61 Å². The van der Waals surface area contributed by atoms with Crippen molar-refractivity contribution in [3.8, 4) is 0 Å². The van der Waals surface area contributed by atoms with Crippen LogP contribution in [0.4, 0.5) is 0 Å². The molecule has 0 spiro atoms. The molecule has 1 aromatic carbocycles. The normalized spacial score (nSPS) is 10.7. The van der Waals surface area contributed by atoms with Gasteiger partial charge in [0, 0.05) is 6.42 Å². The summed E-state index contributed by atoms with van der Waals surface area (Å²) < 4.78 is 5.40. The molecule has 2 heteroatoms. The molecule has 0 aliphatic carbocycles. The summed E-state index contributed by atoms with van der Waals surface area (Å²) in [5.74, 6) is -0.0566. The van der Waals surface area contributed by atoms with Crippen LogP contribution in [0.25, 0.3) is 0 Å². The molecule has 0 saturated carbocycles. The van der Waals surface area contributed by atoms with Gasteiger partial charge in [0.05, 0.1) is 0 Å². The first kappa shape index (κ1) is 19.7. The van der Waals surface area contributed by atoms with Crippen molar-refractivity contribution in [3.63, 3.8) is 0 Å². The molecule has 1 rings (SSSR count). The van der Waals surface area contributed by atoms with Crippen molar-refractivity contribution in [2.45, 2.75) is 91.1 Å². The van der Waals surface area contributed by atoms with Crippen molar-refractivity contribution < 1.29 is 9.53 Å². The topological polar surface area (TPSA) is 26.3 Å². The predicted molar refractivity (Wildman–Crippen MR) is 97.5 cm³/mol. The van der Waals surface area contributed by atoms with Crippen LogP contribution in [0.5, 0.6) is 0 Å². The van der Waals surface area contributed by atoms with E-state index in [1.54, 1.807) is 0 Å². The Kier molecular flexibility index (Phi) is 11.3. The predicted octanol–water partition coefficient (Wildman–Crippen LogP) is 6.21. The number of hydrogen-bond acceptors (Lipinski definition) is 2. The van der Waals surface area contributed by atoms with E-state index in [9.17, 15) is 4.79 Å². The Labute approximate surface area is 142 Å². The third kappa shape index (κ3) is 9.43. The minimum Gasteiger partial charge on any atom is -0.461 e. The minimum atomic E-state index is -0.0566. The lowest BCUT2D eigenvalue weighted by Crippen LogP contribution is -2.05. The molecule has 0 aliphatic rings. The van der Waals surface area contributed by atoms with Gasteiger partial charge in [-0.25, -0.2) is 0 Å². The number of carbonyl (C=O) groups excluding carboxylic acids is 1. The first-order chi connectivity index (χ1) is 11.3. The van der Waals surface area contributed by atoms with Crippen LogP contribution >= 0.6 is 0 Å². The molecule has 0 heterocycles. The van der Waals surface area contributed by atoms with E-state index in [1.165, 1.54) is 50.5 Å². The van der Waals surface area contributed by atoms with E-state index in [-0.39, 0.29) is 5.97 Å². The first-order valence-electron chi connectivity index (χ1n) is 9.50. The maximum atomic E-state index is 11.8. The van der Waals surface area contributed by atoms with Crippen LogP contribution in [0.15, 0.2) is 24.3 Å². The van der Waals surface area contributed by atoms with E-state index >= 15 is 0 Å². The van der Waals surface area contributed by atoms with Crippen molar-refractivity contribution in [3.05, 3.63) is 35.4 Å². The van der Waals surface area contributed by atoms with Gasteiger partial charge in [0.2, 0.25) is 0 Å². The summed E-state index contributed by atoms with van der Waals surface area (Å²) in [6, 6.07) is 8.18. The van der Waals surface area contributed by atoms with Gasteiger partial charge >= 0.3 is 5.97 Å². The molecule has 0 radical (unpaired) electrons. The van der Waals surface area contributed by atoms with Gasteiger partial charge in [-0.15, -0.1) is 0 Å². The summed E-state index contributed by atoms with van der Waals surface area (Å²) in [5.41, 5.74) is 2.40. The highest BCUT2D eigenvalue weighted by atomic mass is 16.5. The van der Waals surface area contributed by atoms with Gasteiger partial charge in [0.25, 0.3) is 0 Å². The Bertz CT molecular complexity index is 426. The molecule has 0 aromatic heterocycles. The fourth-order valence-corrected chi connectivity index (χ4v) is 2.85. The molecule has 0 saturated heterocycles. The Morgan fingerprint density at radius 3 is 2.00 bits per heavy atom. The maximum Gasteiger partial charge on any atom is 0.306 e. The van der Waals surface area contributed by atoms with Crippen molar-refractivity contribution >= 4 is 5.97 Å². The number of unbranched alkanes of at least 4 members (excludes halogenated alkanes) is 8. The van der Waals surface area contributed by atoms with Gasteiger partial charge in [-0.05, 0) is 24.0 Å². The van der Waals surface area contributed by atoms with Crippen LogP contribution < -0.4 is 0 Å². The molecule has 23 heavy (non-hydrogen) atoms. The zero-order valence-corrected chi connectivity index (χ0v) is 15.1. The van der Waals surface area contributed by atoms with E-state index < -0.39 is 0 Å². The van der Waals surface area contributed by atoms with Crippen molar-refractivity contribution in [2.24, 2.45) is 0 Å². The average Bonchev–Trinajstić information content (AvgIpc) is 2.58. The second-order valence-corrected chi connectivity index (χ2v) is 6.36. The molecule has 0 fully saturated rings. The van der Waals surface area contributed by atoms with Crippen LogP contribution in [-0.4, -0.2) is 5.97 Å². The molecule has 0 N–H and O–H groups in total. The highest BCUT2D eigenvalue weighted by Gasteiger charge is 2.05. The molecule has 130 valence electrons. The number of esters is 1. The largest absolute Gasteiger partial charge is 0.461 e. The number of benzene rings is 1. The van der Waals surface area contributed by atoms with E-state index in [0.29, 0.717) is 13.0 Å². The molecule has 0 amide bonds. The van der Waals surface area contributed by atoms with Gasteiger partial charge in [0.15, 0.2) is 0 Å². The number of ether oxygens (including phenoxy) is 1. The smallest absolute Gasteiger partial charge is 0.306 e. The maximum absolute atomic E-state index is 11.8. The lowest BCUT2D eigenvalue weighted by Gasteiger charge is -2.08. The number of hydrogen-bond donors (Lipinski definition) is 0. The summed E-state index contributed by atoms with van der Waals surface area (Å²) >= 11 is 0. The van der Waals surface area contributed by atoms with E-state index in [4.69, 9.17) is 4.74 Å². The summed E-state index contributed by atoms with van der Waals surface area (Å²) in [6.07, 6.45) is 13.0. The Morgan fingerprint density at radius 2 is 1.39 bits per heavy atom. The molecule has 1 aromatic rings. The molecule has 0 atom stereocenters. The second-order valence-electron chi connectivity index (χ2n) is 6.36. The standard InChI is InChI=1S/C21H34O2/c1-3-5-6-7-8-9-10-11-12-17-21(22)23-18-20-16-14-13-15-19(20)4-2/h13-16H,3-12,17-18H2,1-2H3. The van der Waals surface area contributed by atoms with Crippen molar-refractivity contribution in [1.82, 2.24) is 0 Å². The van der Waals surface area contributed by atoms with Crippen LogP contribution in [0.3, 0.4) is 0 Å². The molecule has 0 unspecified atom stereocenters. The summed E-state index contributed by atoms with van der Waals surface area (Å²) in [4.78, 5) is 11.8. The highest BCUT2D eigenvalue weighted by Crippen LogP contribution is 2.13. The van der Waals surface area contributed by atoms with Crippen molar-refractivity contribution in [2.75, 3.05) is 0 Å². The molecular formula is C21H34O2. The van der Waals surface area contributed by atoms with Gasteiger partial charge in [-0.2, -0.15) is 0 Å². The average molecular weight is 319 g/mol. The molecular weight excluding hydrogens is 284 g/mol. The van der Waals surface area contributed by atoms with E-state index in [0.717, 1.165) is 24.8 Å². The molecule has 2 nitrogen and oxygen atoms in total. The fourth-order valence-electron chi connectivity index (χ4n) is 2.85. The lowest BCUT2D eigenvalue weighted by atomic mass is 10.1. The van der Waals surface area contributed by atoms with E-state index in [2.05, 4.69) is 19.9 Å². The number of rotatable bonds is 13. The first-order valence-corrected chi connectivity index (χ1v) is 9.50. The molecule has 0 aliphatic heterocycles. The Morgan fingerprint density at radius 1 is 0.826 bits per heavy atom. The Hall–Kier alpha value is -1.31. The number of aryl methyl sites for hydroxylation is 1. The zero-order valence-electron chi connectivity index (χ0n) is 15.1. The van der Waals surface area contributed by atoms with Crippen LogP contribution in [0.1, 0.15) is 89.2 Å². The van der Waals surface area contributed by atoms with E-state index in [1.807, 2.05) is 18.2 Å².